The second-order valence-electron chi connectivity index (χ2n) is 4.42. The van der Waals surface area contributed by atoms with E-state index in [9.17, 15) is 4.79 Å². The number of aryl methyl sites for hydroxylation is 2. The number of benzene rings is 1. The molecular formula is C14H21NO2. The molecule has 1 atom stereocenters. The summed E-state index contributed by atoms with van der Waals surface area (Å²) in [4.78, 5) is 11.3. The van der Waals surface area contributed by atoms with Crippen LogP contribution in [0, 0.1) is 13.8 Å². The van der Waals surface area contributed by atoms with Crippen LogP contribution in [0.4, 0.5) is 0 Å². The zero-order chi connectivity index (χ0) is 12.8. The summed E-state index contributed by atoms with van der Waals surface area (Å²) in [7, 11) is 0. The Hall–Kier alpha value is -1.51. The molecule has 1 amide bonds. The molecule has 0 aliphatic heterocycles. The van der Waals surface area contributed by atoms with Gasteiger partial charge in [0.2, 0.25) is 0 Å². The molecule has 1 unspecified atom stereocenters. The van der Waals surface area contributed by atoms with Gasteiger partial charge in [-0.05, 0) is 38.3 Å². The number of amides is 1. The number of nitrogens with two attached hydrogens (primary N) is 1. The molecule has 94 valence electrons. The van der Waals surface area contributed by atoms with E-state index in [1.54, 1.807) is 0 Å². The molecule has 0 bridgehead atoms. The van der Waals surface area contributed by atoms with Crippen molar-refractivity contribution in [3.63, 3.8) is 0 Å². The summed E-state index contributed by atoms with van der Waals surface area (Å²) in [6, 6.07) is 5.90. The van der Waals surface area contributed by atoms with Crippen LogP contribution in [-0.4, -0.2) is 12.0 Å². The average Bonchev–Trinajstić information content (AvgIpc) is 2.26. The molecule has 0 aliphatic rings. The molecule has 1 aromatic carbocycles. The van der Waals surface area contributed by atoms with Gasteiger partial charge in [0.05, 0.1) is 0 Å². The van der Waals surface area contributed by atoms with Crippen molar-refractivity contribution in [3.8, 4) is 5.75 Å². The maximum absolute atomic E-state index is 11.3. The van der Waals surface area contributed by atoms with E-state index in [0.717, 1.165) is 24.2 Å². The van der Waals surface area contributed by atoms with Crippen LogP contribution in [0.15, 0.2) is 18.2 Å². The lowest BCUT2D eigenvalue weighted by atomic mass is 10.1. The normalized spacial score (nSPS) is 12.2. The summed E-state index contributed by atoms with van der Waals surface area (Å²) >= 11 is 0. The SMILES string of the molecule is CCCCC(Oc1ccc(C)cc1C)C(N)=O. The largest absolute Gasteiger partial charge is 0.480 e. The van der Waals surface area contributed by atoms with Crippen molar-refractivity contribution in [1.29, 1.82) is 0 Å². The number of primary amides is 1. The quantitative estimate of drug-likeness (QED) is 0.824. The van der Waals surface area contributed by atoms with Crippen molar-refractivity contribution < 1.29 is 9.53 Å². The van der Waals surface area contributed by atoms with Crippen LogP contribution in [0.5, 0.6) is 5.75 Å². The van der Waals surface area contributed by atoms with E-state index in [1.807, 2.05) is 32.0 Å². The topological polar surface area (TPSA) is 52.3 Å². The third-order valence-electron chi connectivity index (χ3n) is 2.74. The summed E-state index contributed by atoms with van der Waals surface area (Å²) in [6.45, 7) is 6.08. The molecule has 0 heterocycles. The molecule has 0 radical (unpaired) electrons. The van der Waals surface area contributed by atoms with E-state index >= 15 is 0 Å². The Morgan fingerprint density at radius 3 is 2.65 bits per heavy atom. The molecule has 17 heavy (non-hydrogen) atoms. The van der Waals surface area contributed by atoms with Gasteiger partial charge in [0, 0.05) is 0 Å². The van der Waals surface area contributed by atoms with Crippen LogP contribution in [0.2, 0.25) is 0 Å². The smallest absolute Gasteiger partial charge is 0.258 e. The first-order valence-electron chi connectivity index (χ1n) is 6.07. The number of rotatable bonds is 6. The second kappa shape index (κ2) is 6.28. The molecule has 0 spiro atoms. The summed E-state index contributed by atoms with van der Waals surface area (Å²) in [6.07, 6.45) is 2.13. The molecule has 2 N–H and O–H groups in total. The van der Waals surface area contributed by atoms with E-state index in [1.165, 1.54) is 5.56 Å². The van der Waals surface area contributed by atoms with E-state index in [4.69, 9.17) is 10.5 Å². The average molecular weight is 235 g/mol. The van der Waals surface area contributed by atoms with Gasteiger partial charge in [0.15, 0.2) is 6.10 Å². The lowest BCUT2D eigenvalue weighted by molar-refractivity contribution is -0.125. The Balaban J connectivity index is 2.75. The van der Waals surface area contributed by atoms with Gasteiger partial charge in [-0.15, -0.1) is 0 Å². The van der Waals surface area contributed by atoms with Gasteiger partial charge in [-0.3, -0.25) is 4.79 Å². The van der Waals surface area contributed by atoms with E-state index < -0.39 is 12.0 Å². The fraction of sp³-hybridized carbons (Fsp3) is 0.500. The molecule has 3 heteroatoms. The molecule has 0 aromatic heterocycles. The first-order valence-corrected chi connectivity index (χ1v) is 6.07. The summed E-state index contributed by atoms with van der Waals surface area (Å²) in [5, 5.41) is 0. The highest BCUT2D eigenvalue weighted by Crippen LogP contribution is 2.21. The molecule has 0 saturated heterocycles. The van der Waals surface area contributed by atoms with E-state index in [-0.39, 0.29) is 0 Å². The molecular weight excluding hydrogens is 214 g/mol. The Kier molecular flexibility index (Phi) is 5.01. The maximum Gasteiger partial charge on any atom is 0.258 e. The highest BCUT2D eigenvalue weighted by molar-refractivity contribution is 5.79. The van der Waals surface area contributed by atoms with Crippen LogP contribution in [0.3, 0.4) is 0 Å². The molecule has 0 fully saturated rings. The number of ether oxygens (including phenoxy) is 1. The van der Waals surface area contributed by atoms with Gasteiger partial charge in [-0.1, -0.05) is 31.0 Å². The van der Waals surface area contributed by atoms with Gasteiger partial charge in [0.25, 0.3) is 5.91 Å². The highest BCUT2D eigenvalue weighted by Gasteiger charge is 2.17. The Morgan fingerprint density at radius 2 is 2.12 bits per heavy atom. The number of carbonyl (C=O) groups is 1. The second-order valence-corrected chi connectivity index (χ2v) is 4.42. The van der Waals surface area contributed by atoms with Crippen LogP contribution in [0.25, 0.3) is 0 Å². The minimum absolute atomic E-state index is 0.390. The van der Waals surface area contributed by atoms with Crippen LogP contribution in [0.1, 0.15) is 37.3 Å². The Morgan fingerprint density at radius 1 is 1.41 bits per heavy atom. The first kappa shape index (κ1) is 13.6. The van der Waals surface area contributed by atoms with Crippen LogP contribution < -0.4 is 10.5 Å². The zero-order valence-electron chi connectivity index (χ0n) is 10.8. The van der Waals surface area contributed by atoms with Crippen molar-refractivity contribution in [2.24, 2.45) is 5.73 Å². The van der Waals surface area contributed by atoms with Gasteiger partial charge >= 0.3 is 0 Å². The molecule has 1 aromatic rings. The molecule has 1 rings (SSSR count). The van der Waals surface area contributed by atoms with Crippen molar-refractivity contribution in [2.75, 3.05) is 0 Å². The third kappa shape index (κ3) is 4.10. The van der Waals surface area contributed by atoms with Crippen molar-refractivity contribution in [2.45, 2.75) is 46.1 Å². The molecule has 3 nitrogen and oxygen atoms in total. The molecule has 0 saturated carbocycles. The Bertz CT molecular complexity index is 388. The Labute approximate surface area is 103 Å². The summed E-state index contributed by atoms with van der Waals surface area (Å²) < 4.78 is 5.69. The summed E-state index contributed by atoms with van der Waals surface area (Å²) in [5.41, 5.74) is 7.56. The van der Waals surface area contributed by atoms with Crippen LogP contribution in [-0.2, 0) is 4.79 Å². The van der Waals surface area contributed by atoms with E-state index in [2.05, 4.69) is 6.92 Å². The van der Waals surface area contributed by atoms with Crippen LogP contribution >= 0.6 is 0 Å². The van der Waals surface area contributed by atoms with Crippen molar-refractivity contribution in [3.05, 3.63) is 29.3 Å². The van der Waals surface area contributed by atoms with Crippen molar-refractivity contribution >= 4 is 5.91 Å². The maximum atomic E-state index is 11.3. The fourth-order valence-electron chi connectivity index (χ4n) is 1.73. The van der Waals surface area contributed by atoms with Crippen molar-refractivity contribution in [1.82, 2.24) is 0 Å². The predicted octanol–water partition coefficient (Wildman–Crippen LogP) is 2.73. The lowest BCUT2D eigenvalue weighted by Crippen LogP contribution is -2.33. The minimum Gasteiger partial charge on any atom is -0.480 e. The standard InChI is InChI=1S/C14H21NO2/c1-4-5-6-13(14(15)16)17-12-8-7-10(2)9-11(12)3/h7-9,13H,4-6H2,1-3H3,(H2,15,16). The zero-order valence-corrected chi connectivity index (χ0v) is 10.8. The number of hydrogen-bond acceptors (Lipinski definition) is 2. The monoisotopic (exact) mass is 235 g/mol. The molecule has 0 aliphatic carbocycles. The van der Waals surface area contributed by atoms with Gasteiger partial charge in [0.1, 0.15) is 5.75 Å². The van der Waals surface area contributed by atoms with Gasteiger partial charge in [-0.2, -0.15) is 0 Å². The first-order chi connectivity index (χ1) is 8.04. The number of hydrogen-bond donors (Lipinski definition) is 1. The van der Waals surface area contributed by atoms with E-state index in [0.29, 0.717) is 6.42 Å². The fourth-order valence-corrected chi connectivity index (χ4v) is 1.73. The highest BCUT2D eigenvalue weighted by atomic mass is 16.5. The minimum atomic E-state index is -0.517. The third-order valence-corrected chi connectivity index (χ3v) is 2.74. The predicted molar refractivity (Wildman–Crippen MR) is 69.1 cm³/mol. The van der Waals surface area contributed by atoms with Gasteiger partial charge in [-0.25, -0.2) is 0 Å². The van der Waals surface area contributed by atoms with Gasteiger partial charge < -0.3 is 10.5 Å². The lowest BCUT2D eigenvalue weighted by Gasteiger charge is -2.17. The summed E-state index contributed by atoms with van der Waals surface area (Å²) in [5.74, 6) is 0.355. The number of carbonyl (C=O) groups excluding carboxylic acids is 1. The number of unbranched alkanes of at least 4 members (excludes halogenated alkanes) is 1.